The largest absolute Gasteiger partial charge is 0.491 e. The Kier molecular flexibility index (Phi) is 3.57. The first-order valence-corrected chi connectivity index (χ1v) is 5.53. The highest BCUT2D eigenvalue weighted by molar-refractivity contribution is 5.86. The Morgan fingerprint density at radius 3 is 3.11 bits per heavy atom. The maximum atomic E-state index is 11.0. The van der Waals surface area contributed by atoms with Crippen molar-refractivity contribution in [1.29, 1.82) is 0 Å². The number of carboxylic acid groups (broad SMARTS) is 1. The monoisotopic (exact) mass is 247 g/mol. The maximum Gasteiger partial charge on any atom is 0.354 e. The molecule has 0 bridgehead atoms. The van der Waals surface area contributed by atoms with Crippen LogP contribution in [0.4, 0.5) is 0 Å². The van der Waals surface area contributed by atoms with E-state index in [0.717, 1.165) is 0 Å². The number of aromatic carboxylic acids is 1. The van der Waals surface area contributed by atoms with Crippen molar-refractivity contribution in [3.05, 3.63) is 42.0 Å². The number of rotatable bonds is 5. The molecule has 2 heterocycles. The molecule has 0 amide bonds. The van der Waals surface area contributed by atoms with Crippen molar-refractivity contribution in [2.75, 3.05) is 6.61 Å². The fraction of sp³-hybridized carbons (Fsp3) is 0.250. The molecular weight excluding hydrogens is 234 g/mol. The topological polar surface area (TPSA) is 77.2 Å². The van der Waals surface area contributed by atoms with Gasteiger partial charge in [-0.3, -0.25) is 4.68 Å². The van der Waals surface area contributed by atoms with Gasteiger partial charge in [-0.1, -0.05) is 6.07 Å². The molecule has 0 radical (unpaired) electrons. The minimum atomic E-state index is -1.04. The van der Waals surface area contributed by atoms with E-state index < -0.39 is 5.97 Å². The van der Waals surface area contributed by atoms with Gasteiger partial charge in [0.05, 0.1) is 25.5 Å². The molecule has 0 aliphatic carbocycles. The van der Waals surface area contributed by atoms with Crippen LogP contribution in [0.5, 0.6) is 5.75 Å². The van der Waals surface area contributed by atoms with Gasteiger partial charge in [0.15, 0.2) is 11.4 Å². The van der Waals surface area contributed by atoms with Gasteiger partial charge in [-0.2, -0.15) is 5.10 Å². The number of carbonyl (C=O) groups is 1. The van der Waals surface area contributed by atoms with Gasteiger partial charge in [-0.25, -0.2) is 9.78 Å². The predicted octanol–water partition coefficient (Wildman–Crippen LogP) is 1.42. The molecule has 0 saturated carbocycles. The molecule has 94 valence electrons. The van der Waals surface area contributed by atoms with Gasteiger partial charge in [0.1, 0.15) is 0 Å². The van der Waals surface area contributed by atoms with E-state index in [0.29, 0.717) is 24.5 Å². The van der Waals surface area contributed by atoms with Gasteiger partial charge >= 0.3 is 5.97 Å². The van der Waals surface area contributed by atoms with E-state index in [-0.39, 0.29) is 5.69 Å². The zero-order valence-corrected chi connectivity index (χ0v) is 9.91. The Hall–Kier alpha value is -2.37. The number of hydrogen-bond donors (Lipinski definition) is 1. The van der Waals surface area contributed by atoms with Crippen LogP contribution >= 0.6 is 0 Å². The molecule has 2 aromatic rings. The molecule has 1 N–H and O–H groups in total. The van der Waals surface area contributed by atoms with E-state index in [2.05, 4.69) is 10.1 Å². The highest BCUT2D eigenvalue weighted by Crippen LogP contribution is 2.12. The van der Waals surface area contributed by atoms with Crippen molar-refractivity contribution < 1.29 is 14.6 Å². The van der Waals surface area contributed by atoms with E-state index in [1.807, 2.05) is 6.92 Å². The number of hydrogen-bond acceptors (Lipinski definition) is 4. The van der Waals surface area contributed by atoms with Crippen LogP contribution in [-0.4, -0.2) is 32.4 Å². The van der Waals surface area contributed by atoms with E-state index >= 15 is 0 Å². The average Bonchev–Trinajstić information content (AvgIpc) is 2.77. The Balaban J connectivity index is 2.20. The van der Waals surface area contributed by atoms with Gasteiger partial charge in [0, 0.05) is 11.8 Å². The summed E-state index contributed by atoms with van der Waals surface area (Å²) in [5.74, 6) is -0.374. The molecule has 0 unspecified atom stereocenters. The molecule has 6 nitrogen and oxygen atoms in total. The third-order valence-corrected chi connectivity index (χ3v) is 2.35. The van der Waals surface area contributed by atoms with Crippen LogP contribution in [0.15, 0.2) is 30.7 Å². The first-order chi connectivity index (χ1) is 8.70. The number of nitrogens with zero attached hydrogens (tertiary/aromatic N) is 3. The summed E-state index contributed by atoms with van der Waals surface area (Å²) in [5, 5.41) is 13.1. The first kappa shape index (κ1) is 12.1. The molecule has 0 fully saturated rings. The lowest BCUT2D eigenvalue weighted by molar-refractivity contribution is 0.0689. The number of aromatic nitrogens is 3. The Morgan fingerprint density at radius 1 is 1.56 bits per heavy atom. The molecule has 0 atom stereocenters. The van der Waals surface area contributed by atoms with Crippen LogP contribution in [0.3, 0.4) is 0 Å². The summed E-state index contributed by atoms with van der Waals surface area (Å²) in [4.78, 5) is 14.8. The Bertz CT molecular complexity index is 551. The third kappa shape index (κ3) is 2.65. The quantitative estimate of drug-likeness (QED) is 0.864. The predicted molar refractivity (Wildman–Crippen MR) is 63.7 cm³/mol. The molecule has 0 aromatic carbocycles. The first-order valence-electron chi connectivity index (χ1n) is 5.53. The van der Waals surface area contributed by atoms with Crippen molar-refractivity contribution in [2.45, 2.75) is 13.5 Å². The second kappa shape index (κ2) is 5.31. The summed E-state index contributed by atoms with van der Waals surface area (Å²) in [5.41, 5.74) is 0.655. The van der Waals surface area contributed by atoms with Crippen molar-refractivity contribution in [3.63, 3.8) is 0 Å². The number of pyridine rings is 1. The third-order valence-electron chi connectivity index (χ3n) is 2.35. The van der Waals surface area contributed by atoms with Gasteiger partial charge in [-0.05, 0) is 13.0 Å². The highest BCUT2D eigenvalue weighted by atomic mass is 16.5. The average molecular weight is 247 g/mol. The zero-order chi connectivity index (χ0) is 13.0. The normalized spacial score (nSPS) is 10.3. The van der Waals surface area contributed by atoms with Crippen molar-refractivity contribution in [2.24, 2.45) is 0 Å². The van der Waals surface area contributed by atoms with Crippen LogP contribution in [0.25, 0.3) is 0 Å². The zero-order valence-electron chi connectivity index (χ0n) is 9.91. The molecule has 2 rings (SSSR count). The lowest BCUT2D eigenvalue weighted by atomic mass is 10.2. The summed E-state index contributed by atoms with van der Waals surface area (Å²) < 4.78 is 6.91. The second-order valence-electron chi connectivity index (χ2n) is 3.62. The number of carboxylic acids is 1. The van der Waals surface area contributed by atoms with Crippen LogP contribution in [0.2, 0.25) is 0 Å². The van der Waals surface area contributed by atoms with Crippen molar-refractivity contribution in [1.82, 2.24) is 14.8 Å². The van der Waals surface area contributed by atoms with Crippen LogP contribution in [-0.2, 0) is 6.54 Å². The van der Waals surface area contributed by atoms with Crippen LogP contribution < -0.4 is 4.74 Å². The van der Waals surface area contributed by atoms with E-state index in [9.17, 15) is 4.79 Å². The minimum Gasteiger partial charge on any atom is -0.491 e. The fourth-order valence-corrected chi connectivity index (χ4v) is 1.61. The molecular formula is C12H13N3O3. The molecule has 6 heteroatoms. The standard InChI is InChI=1S/C12H13N3O3/c1-2-18-10-6-14-15(8-10)7-9-4-3-5-13-11(9)12(16)17/h3-6,8H,2,7H2,1H3,(H,16,17). The molecule has 2 aromatic heterocycles. The van der Waals surface area contributed by atoms with E-state index in [1.54, 1.807) is 29.2 Å². The summed E-state index contributed by atoms with van der Waals surface area (Å²) in [7, 11) is 0. The summed E-state index contributed by atoms with van der Waals surface area (Å²) in [6.07, 6.45) is 4.78. The van der Waals surface area contributed by atoms with Gasteiger partial charge in [0.25, 0.3) is 0 Å². The fourth-order valence-electron chi connectivity index (χ4n) is 1.61. The Morgan fingerprint density at radius 2 is 2.39 bits per heavy atom. The van der Waals surface area contributed by atoms with E-state index in [4.69, 9.17) is 9.84 Å². The molecule has 0 spiro atoms. The summed E-state index contributed by atoms with van der Waals surface area (Å²) in [6, 6.07) is 3.42. The lowest BCUT2D eigenvalue weighted by Gasteiger charge is -2.04. The summed E-state index contributed by atoms with van der Waals surface area (Å²) >= 11 is 0. The van der Waals surface area contributed by atoms with Gasteiger partial charge < -0.3 is 9.84 Å². The second-order valence-corrected chi connectivity index (χ2v) is 3.62. The Labute approximate surface area is 104 Å². The highest BCUT2D eigenvalue weighted by Gasteiger charge is 2.11. The van der Waals surface area contributed by atoms with Gasteiger partial charge in [-0.15, -0.1) is 0 Å². The van der Waals surface area contributed by atoms with Crippen molar-refractivity contribution in [3.8, 4) is 5.75 Å². The van der Waals surface area contributed by atoms with Gasteiger partial charge in [0.2, 0.25) is 0 Å². The van der Waals surface area contributed by atoms with Crippen LogP contribution in [0, 0.1) is 0 Å². The molecule has 0 aliphatic rings. The maximum absolute atomic E-state index is 11.0. The minimum absolute atomic E-state index is 0.0472. The SMILES string of the molecule is CCOc1cnn(Cc2cccnc2C(=O)O)c1. The summed E-state index contributed by atoms with van der Waals surface area (Å²) in [6.45, 7) is 2.81. The molecule has 18 heavy (non-hydrogen) atoms. The van der Waals surface area contributed by atoms with E-state index in [1.165, 1.54) is 6.20 Å². The van der Waals surface area contributed by atoms with Crippen molar-refractivity contribution >= 4 is 5.97 Å². The van der Waals surface area contributed by atoms with Crippen LogP contribution in [0.1, 0.15) is 23.0 Å². The molecule has 0 saturated heterocycles. The lowest BCUT2D eigenvalue weighted by Crippen LogP contribution is -2.09. The smallest absolute Gasteiger partial charge is 0.354 e. The molecule has 0 aliphatic heterocycles. The number of ether oxygens (including phenoxy) is 1.